The van der Waals surface area contributed by atoms with Gasteiger partial charge < -0.3 is 14.7 Å². The predicted octanol–water partition coefficient (Wildman–Crippen LogP) is 2.42. The maximum Gasteiger partial charge on any atom is 0.126 e. The first kappa shape index (κ1) is 14.7. The summed E-state index contributed by atoms with van der Waals surface area (Å²) in [5.41, 5.74) is 2.05. The molecule has 2 aliphatic heterocycles. The van der Waals surface area contributed by atoms with Gasteiger partial charge in [0.05, 0.1) is 13.2 Å². The molecule has 2 fully saturated rings. The zero-order valence-corrected chi connectivity index (χ0v) is 13.2. The zero-order chi connectivity index (χ0) is 15.0. The van der Waals surface area contributed by atoms with Gasteiger partial charge in [0.25, 0.3) is 0 Å². The van der Waals surface area contributed by atoms with Crippen LogP contribution in [-0.2, 0) is 0 Å². The first-order valence-electron chi connectivity index (χ1n) is 7.93. The van der Waals surface area contributed by atoms with E-state index >= 15 is 0 Å². The van der Waals surface area contributed by atoms with Crippen molar-refractivity contribution in [3.05, 3.63) is 23.8 Å². The van der Waals surface area contributed by atoms with Gasteiger partial charge in [-0.3, -0.25) is 4.90 Å². The maximum absolute atomic E-state index is 10.2. The van der Waals surface area contributed by atoms with Gasteiger partial charge >= 0.3 is 0 Å². The Balaban J connectivity index is 1.93. The van der Waals surface area contributed by atoms with Crippen LogP contribution in [-0.4, -0.2) is 49.3 Å². The second-order valence-electron chi connectivity index (χ2n) is 6.35. The molecule has 3 atom stereocenters. The molecule has 2 saturated heterocycles. The molecule has 3 rings (SSSR count). The lowest BCUT2D eigenvalue weighted by atomic mass is 10.0. The first-order chi connectivity index (χ1) is 10.1. The molecule has 2 heterocycles. The molecule has 1 aromatic rings. The van der Waals surface area contributed by atoms with Crippen LogP contribution in [0.25, 0.3) is 0 Å². The Bertz CT molecular complexity index is 504. The maximum atomic E-state index is 10.2. The molecule has 0 saturated carbocycles. The Morgan fingerprint density at radius 2 is 2.00 bits per heavy atom. The molecular formula is C17H26N2O2. The third-order valence-corrected chi connectivity index (χ3v) is 5.17. The largest absolute Gasteiger partial charge is 0.496 e. The lowest BCUT2D eigenvalue weighted by molar-refractivity contribution is 0.194. The van der Waals surface area contributed by atoms with Crippen LogP contribution >= 0.6 is 0 Å². The number of benzene rings is 1. The monoisotopic (exact) mass is 290 g/mol. The fourth-order valence-corrected chi connectivity index (χ4v) is 3.93. The number of hydrogen-bond acceptors (Lipinski definition) is 4. The SMILES string of the molecule is COc1cccc(N2CCC3CCC(C2)N3C)c1[C@@H](C)O. The molecule has 1 N–H and O–H groups in total. The van der Waals surface area contributed by atoms with Crippen molar-refractivity contribution in [2.75, 3.05) is 32.1 Å². The summed E-state index contributed by atoms with van der Waals surface area (Å²) in [7, 11) is 3.93. The highest BCUT2D eigenvalue weighted by molar-refractivity contribution is 5.60. The minimum Gasteiger partial charge on any atom is -0.496 e. The number of ether oxygens (including phenoxy) is 1. The summed E-state index contributed by atoms with van der Waals surface area (Å²) in [5, 5.41) is 10.2. The Morgan fingerprint density at radius 1 is 1.24 bits per heavy atom. The van der Waals surface area contributed by atoms with Crippen molar-refractivity contribution in [1.29, 1.82) is 0 Å². The van der Waals surface area contributed by atoms with Crippen LogP contribution in [0.5, 0.6) is 5.75 Å². The summed E-state index contributed by atoms with van der Waals surface area (Å²) in [4.78, 5) is 4.98. The average molecular weight is 290 g/mol. The van der Waals surface area contributed by atoms with Crippen molar-refractivity contribution >= 4 is 5.69 Å². The minimum atomic E-state index is -0.519. The van der Waals surface area contributed by atoms with Gasteiger partial charge in [-0.1, -0.05) is 6.07 Å². The molecule has 2 unspecified atom stereocenters. The zero-order valence-electron chi connectivity index (χ0n) is 13.2. The molecule has 0 aromatic heterocycles. The molecular weight excluding hydrogens is 264 g/mol. The third kappa shape index (κ3) is 2.62. The smallest absolute Gasteiger partial charge is 0.126 e. The number of rotatable bonds is 3. The second-order valence-corrected chi connectivity index (χ2v) is 6.35. The summed E-state index contributed by atoms with van der Waals surface area (Å²) in [6, 6.07) is 7.42. The second kappa shape index (κ2) is 5.85. The molecule has 0 aliphatic carbocycles. The fourth-order valence-electron chi connectivity index (χ4n) is 3.93. The van der Waals surface area contributed by atoms with E-state index in [4.69, 9.17) is 4.74 Å². The molecule has 0 amide bonds. The molecule has 0 radical (unpaired) electrons. The van der Waals surface area contributed by atoms with E-state index in [1.807, 2.05) is 19.1 Å². The van der Waals surface area contributed by atoms with Gasteiger partial charge in [-0.15, -0.1) is 0 Å². The highest BCUT2D eigenvalue weighted by Gasteiger charge is 2.35. The van der Waals surface area contributed by atoms with Crippen molar-refractivity contribution in [2.24, 2.45) is 0 Å². The van der Waals surface area contributed by atoms with Crippen LogP contribution < -0.4 is 9.64 Å². The highest BCUT2D eigenvalue weighted by Crippen LogP contribution is 2.37. The van der Waals surface area contributed by atoms with Gasteiger partial charge in [0.2, 0.25) is 0 Å². The topological polar surface area (TPSA) is 35.9 Å². The lowest BCUT2D eigenvalue weighted by Gasteiger charge is -2.30. The summed E-state index contributed by atoms with van der Waals surface area (Å²) in [5.74, 6) is 0.783. The molecule has 4 nitrogen and oxygen atoms in total. The van der Waals surface area contributed by atoms with Gasteiger partial charge in [0.15, 0.2) is 0 Å². The number of aliphatic hydroxyl groups is 1. The molecule has 116 valence electrons. The number of nitrogens with zero attached hydrogens (tertiary/aromatic N) is 2. The number of aliphatic hydroxyl groups excluding tert-OH is 1. The molecule has 2 bridgehead atoms. The van der Waals surface area contributed by atoms with Gasteiger partial charge in [0.1, 0.15) is 5.75 Å². The summed E-state index contributed by atoms with van der Waals surface area (Å²) < 4.78 is 5.46. The van der Waals surface area contributed by atoms with Gasteiger partial charge in [-0.2, -0.15) is 0 Å². The normalized spacial score (nSPS) is 27.5. The number of methoxy groups -OCH3 is 1. The van der Waals surface area contributed by atoms with E-state index in [-0.39, 0.29) is 0 Å². The predicted molar refractivity (Wildman–Crippen MR) is 85.0 cm³/mol. The van der Waals surface area contributed by atoms with Crippen LogP contribution in [0.4, 0.5) is 5.69 Å². The van der Waals surface area contributed by atoms with E-state index in [9.17, 15) is 5.11 Å². The Kier molecular flexibility index (Phi) is 4.09. The molecule has 21 heavy (non-hydrogen) atoms. The third-order valence-electron chi connectivity index (χ3n) is 5.17. The number of fused-ring (bicyclic) bond motifs is 2. The van der Waals surface area contributed by atoms with Crippen molar-refractivity contribution in [3.8, 4) is 5.75 Å². The number of likely N-dealkylation sites (N-methyl/N-ethyl adjacent to an activating group) is 1. The molecule has 1 aromatic carbocycles. The van der Waals surface area contributed by atoms with Crippen molar-refractivity contribution < 1.29 is 9.84 Å². The highest BCUT2D eigenvalue weighted by atomic mass is 16.5. The standard InChI is InChI=1S/C17H26N2O2/c1-12(20)17-15(5-4-6-16(17)21-3)19-10-9-13-7-8-14(11-19)18(13)2/h4-6,12-14,20H,7-11H2,1-3H3/t12-,13?,14?/m1/s1. The van der Waals surface area contributed by atoms with E-state index < -0.39 is 6.10 Å². The van der Waals surface area contributed by atoms with Crippen LogP contribution in [0.3, 0.4) is 0 Å². The molecule has 0 spiro atoms. The van der Waals surface area contributed by atoms with Crippen LogP contribution in [0.15, 0.2) is 18.2 Å². The fraction of sp³-hybridized carbons (Fsp3) is 0.647. The molecule has 2 aliphatic rings. The van der Waals surface area contributed by atoms with Crippen molar-refractivity contribution in [1.82, 2.24) is 4.90 Å². The number of anilines is 1. The average Bonchev–Trinajstić information content (AvgIpc) is 2.71. The molecule has 4 heteroatoms. The van der Waals surface area contributed by atoms with Crippen LogP contribution in [0, 0.1) is 0 Å². The van der Waals surface area contributed by atoms with E-state index in [2.05, 4.69) is 22.9 Å². The van der Waals surface area contributed by atoms with E-state index in [1.54, 1.807) is 7.11 Å². The lowest BCUT2D eigenvalue weighted by Crippen LogP contribution is -2.37. The summed E-state index contributed by atoms with van der Waals surface area (Å²) in [6.07, 6.45) is 3.29. The van der Waals surface area contributed by atoms with Crippen molar-refractivity contribution in [3.63, 3.8) is 0 Å². The van der Waals surface area contributed by atoms with Gasteiger partial charge in [-0.25, -0.2) is 0 Å². The van der Waals surface area contributed by atoms with Gasteiger partial charge in [0, 0.05) is 36.4 Å². The van der Waals surface area contributed by atoms with Crippen molar-refractivity contribution in [2.45, 2.75) is 44.4 Å². The van der Waals surface area contributed by atoms with Crippen LogP contribution in [0.2, 0.25) is 0 Å². The Morgan fingerprint density at radius 3 is 2.71 bits per heavy atom. The van der Waals surface area contributed by atoms with E-state index in [0.717, 1.165) is 36.1 Å². The van der Waals surface area contributed by atoms with E-state index in [0.29, 0.717) is 6.04 Å². The summed E-state index contributed by atoms with van der Waals surface area (Å²) >= 11 is 0. The number of hydrogen-bond donors (Lipinski definition) is 1. The quantitative estimate of drug-likeness (QED) is 0.927. The van der Waals surface area contributed by atoms with Crippen LogP contribution in [0.1, 0.15) is 37.9 Å². The first-order valence-corrected chi connectivity index (χ1v) is 7.93. The minimum absolute atomic E-state index is 0.519. The van der Waals surface area contributed by atoms with E-state index in [1.165, 1.54) is 19.3 Å². The summed E-state index contributed by atoms with van der Waals surface area (Å²) in [6.45, 7) is 3.91. The van der Waals surface area contributed by atoms with Gasteiger partial charge in [-0.05, 0) is 45.4 Å². The Hall–Kier alpha value is -1.26. The Labute approximate surface area is 127 Å².